The van der Waals surface area contributed by atoms with Gasteiger partial charge < -0.3 is 23.7 Å². The minimum atomic E-state index is -4.33. The Morgan fingerprint density at radius 1 is 1.17 bits per heavy atom. The lowest BCUT2D eigenvalue weighted by atomic mass is 10.1. The number of rotatable bonds is 6. The highest BCUT2D eigenvalue weighted by atomic mass is 19.4. The molecule has 1 amide bonds. The number of amides is 1. The van der Waals surface area contributed by atoms with E-state index in [1.54, 1.807) is 4.90 Å². The Labute approximate surface area is 198 Å². The summed E-state index contributed by atoms with van der Waals surface area (Å²) in [7, 11) is 1.35. The SMILES string of the molecule is COc1cc(C(=O)N2CCN(c3nc4nc(C)ccc4o3)CC2)cnc1OCC1(C(F)(F)F)CC1. The maximum absolute atomic E-state index is 13.2. The van der Waals surface area contributed by atoms with E-state index in [1.807, 2.05) is 24.0 Å². The molecule has 0 aromatic carbocycles. The smallest absolute Gasteiger partial charge is 0.397 e. The molecule has 1 saturated heterocycles. The van der Waals surface area contributed by atoms with Gasteiger partial charge in [0.2, 0.25) is 5.65 Å². The summed E-state index contributed by atoms with van der Waals surface area (Å²) in [6, 6.07) is 5.59. The molecule has 0 atom stereocenters. The summed E-state index contributed by atoms with van der Waals surface area (Å²) in [5, 5.41) is 0. The van der Waals surface area contributed by atoms with Crippen molar-refractivity contribution in [3.05, 3.63) is 35.7 Å². The first-order chi connectivity index (χ1) is 16.7. The number of hydrogen-bond donors (Lipinski definition) is 0. The maximum Gasteiger partial charge on any atom is 0.397 e. The molecule has 9 nitrogen and oxygen atoms in total. The first-order valence-electron chi connectivity index (χ1n) is 11.2. The minimum absolute atomic E-state index is 0.0288. The van der Waals surface area contributed by atoms with E-state index in [4.69, 9.17) is 13.9 Å². The highest BCUT2D eigenvalue weighted by Gasteiger charge is 2.64. The Bertz CT molecular complexity index is 1250. The topological polar surface area (TPSA) is 93.8 Å². The zero-order chi connectivity index (χ0) is 24.8. The minimum Gasteiger partial charge on any atom is -0.491 e. The molecule has 0 N–H and O–H groups in total. The fourth-order valence-corrected chi connectivity index (χ4v) is 3.99. The quantitative estimate of drug-likeness (QED) is 0.516. The number of anilines is 1. The van der Waals surface area contributed by atoms with Crippen molar-refractivity contribution in [2.75, 3.05) is 44.8 Å². The predicted molar refractivity (Wildman–Crippen MR) is 119 cm³/mol. The van der Waals surface area contributed by atoms with E-state index >= 15 is 0 Å². The monoisotopic (exact) mass is 491 g/mol. The number of halogens is 3. The molecule has 0 radical (unpaired) electrons. The van der Waals surface area contributed by atoms with E-state index in [9.17, 15) is 18.0 Å². The Morgan fingerprint density at radius 3 is 2.57 bits per heavy atom. The second-order valence-corrected chi connectivity index (χ2v) is 8.85. The zero-order valence-electron chi connectivity index (χ0n) is 19.3. The summed E-state index contributed by atoms with van der Waals surface area (Å²) in [5.74, 6) is -0.211. The molecule has 3 aromatic rings. The Morgan fingerprint density at radius 2 is 1.91 bits per heavy atom. The molecular formula is C23H24F3N5O4. The number of oxazole rings is 1. The molecule has 3 aromatic heterocycles. The fourth-order valence-electron chi connectivity index (χ4n) is 3.99. The second-order valence-electron chi connectivity index (χ2n) is 8.85. The molecule has 1 saturated carbocycles. The van der Waals surface area contributed by atoms with Gasteiger partial charge in [-0.15, -0.1) is 0 Å². The average Bonchev–Trinajstić information content (AvgIpc) is 3.54. The van der Waals surface area contributed by atoms with Crippen molar-refractivity contribution >= 4 is 23.2 Å². The summed E-state index contributed by atoms with van der Waals surface area (Å²) in [4.78, 5) is 29.5. The molecule has 1 aliphatic carbocycles. The largest absolute Gasteiger partial charge is 0.491 e. The lowest BCUT2D eigenvalue weighted by molar-refractivity contribution is -0.194. The predicted octanol–water partition coefficient (Wildman–Crippen LogP) is 3.62. The van der Waals surface area contributed by atoms with Crippen LogP contribution >= 0.6 is 0 Å². The van der Waals surface area contributed by atoms with Crippen LogP contribution in [0.1, 0.15) is 28.9 Å². The molecule has 0 spiro atoms. The molecule has 0 unspecified atom stereocenters. The number of piperazine rings is 1. The van der Waals surface area contributed by atoms with Crippen LogP contribution in [0.15, 0.2) is 28.8 Å². The van der Waals surface area contributed by atoms with Gasteiger partial charge in [0.05, 0.1) is 12.7 Å². The molecule has 0 bridgehead atoms. The van der Waals surface area contributed by atoms with Crippen LogP contribution < -0.4 is 14.4 Å². The number of fused-ring (bicyclic) bond motifs is 1. The van der Waals surface area contributed by atoms with Crippen LogP contribution in [-0.4, -0.2) is 71.8 Å². The van der Waals surface area contributed by atoms with Crippen LogP contribution in [0, 0.1) is 12.3 Å². The molecule has 35 heavy (non-hydrogen) atoms. The van der Waals surface area contributed by atoms with Crippen LogP contribution in [0.5, 0.6) is 11.6 Å². The van der Waals surface area contributed by atoms with Gasteiger partial charge in [-0.05, 0) is 31.9 Å². The summed E-state index contributed by atoms with van der Waals surface area (Å²) >= 11 is 0. The second kappa shape index (κ2) is 8.58. The lowest BCUT2D eigenvalue weighted by Gasteiger charge is -2.33. The number of aromatic nitrogens is 3. The highest BCUT2D eigenvalue weighted by molar-refractivity contribution is 5.94. The fraction of sp³-hybridized carbons (Fsp3) is 0.478. The van der Waals surface area contributed by atoms with Crippen molar-refractivity contribution in [1.82, 2.24) is 19.9 Å². The number of ether oxygens (including phenoxy) is 2. The van der Waals surface area contributed by atoms with E-state index in [2.05, 4.69) is 15.0 Å². The van der Waals surface area contributed by atoms with Crippen LogP contribution in [-0.2, 0) is 0 Å². The number of hydrogen-bond acceptors (Lipinski definition) is 8. The number of carbonyl (C=O) groups is 1. The highest BCUT2D eigenvalue weighted by Crippen LogP contribution is 2.57. The number of aryl methyl sites for hydroxylation is 1. The van der Waals surface area contributed by atoms with Gasteiger partial charge in [-0.2, -0.15) is 18.2 Å². The van der Waals surface area contributed by atoms with Gasteiger partial charge in [0.25, 0.3) is 17.8 Å². The molecule has 12 heteroatoms. The zero-order valence-corrected chi connectivity index (χ0v) is 19.3. The summed E-state index contributed by atoms with van der Waals surface area (Å²) in [6.07, 6.45) is -2.97. The van der Waals surface area contributed by atoms with Crippen molar-refractivity contribution in [3.8, 4) is 11.6 Å². The van der Waals surface area contributed by atoms with Crippen LogP contribution in [0.2, 0.25) is 0 Å². The van der Waals surface area contributed by atoms with Crippen LogP contribution in [0.25, 0.3) is 11.2 Å². The van der Waals surface area contributed by atoms with Crippen molar-refractivity contribution in [2.45, 2.75) is 25.9 Å². The third kappa shape index (κ3) is 4.44. The van der Waals surface area contributed by atoms with Crippen LogP contribution in [0.3, 0.4) is 0 Å². The first kappa shape index (κ1) is 23.2. The molecular weight excluding hydrogens is 467 g/mol. The van der Waals surface area contributed by atoms with E-state index in [0.717, 1.165) is 5.69 Å². The van der Waals surface area contributed by atoms with Gasteiger partial charge in [-0.3, -0.25) is 4.79 Å². The van der Waals surface area contributed by atoms with Crippen molar-refractivity contribution < 1.29 is 31.9 Å². The van der Waals surface area contributed by atoms with Gasteiger partial charge >= 0.3 is 6.18 Å². The Kier molecular flexibility index (Phi) is 5.68. The van der Waals surface area contributed by atoms with Gasteiger partial charge in [0, 0.05) is 44.1 Å². The number of alkyl halides is 3. The number of nitrogens with zero attached hydrogens (tertiary/aromatic N) is 5. The molecule has 4 heterocycles. The third-order valence-electron chi connectivity index (χ3n) is 6.44. The van der Waals surface area contributed by atoms with E-state index in [0.29, 0.717) is 43.4 Å². The Hall–Kier alpha value is -3.57. The average molecular weight is 491 g/mol. The first-order valence-corrected chi connectivity index (χ1v) is 11.2. The number of pyridine rings is 2. The van der Waals surface area contributed by atoms with E-state index in [-0.39, 0.29) is 35.9 Å². The molecule has 2 fully saturated rings. The third-order valence-corrected chi connectivity index (χ3v) is 6.44. The van der Waals surface area contributed by atoms with Gasteiger partial charge in [0.1, 0.15) is 12.0 Å². The molecule has 2 aliphatic rings. The normalized spacial score (nSPS) is 17.5. The molecule has 5 rings (SSSR count). The van der Waals surface area contributed by atoms with Crippen molar-refractivity contribution in [2.24, 2.45) is 5.41 Å². The number of methoxy groups -OCH3 is 1. The van der Waals surface area contributed by atoms with Gasteiger partial charge in [-0.25, -0.2) is 9.97 Å². The maximum atomic E-state index is 13.2. The standard InChI is InChI=1S/C23H24F3N5O4/c1-14-3-4-16-18(28-14)29-21(35-16)31-9-7-30(8-10-31)20(32)15-11-17(33-2)19(27-12-15)34-13-22(5-6-22)23(24,25)26/h3-4,11-12H,5-10,13H2,1-2H3. The Balaban J connectivity index is 1.22. The molecule has 186 valence electrons. The van der Waals surface area contributed by atoms with Crippen molar-refractivity contribution in [1.29, 1.82) is 0 Å². The lowest BCUT2D eigenvalue weighted by Crippen LogP contribution is -2.49. The van der Waals surface area contributed by atoms with Crippen molar-refractivity contribution in [3.63, 3.8) is 0 Å². The van der Waals surface area contributed by atoms with Gasteiger partial charge in [0.15, 0.2) is 11.3 Å². The molecule has 1 aliphatic heterocycles. The van der Waals surface area contributed by atoms with E-state index in [1.165, 1.54) is 19.4 Å². The summed E-state index contributed by atoms with van der Waals surface area (Å²) in [5.41, 5.74) is 0.438. The van der Waals surface area contributed by atoms with Gasteiger partial charge in [-0.1, -0.05) is 0 Å². The summed E-state index contributed by atoms with van der Waals surface area (Å²) < 4.78 is 55.9. The summed E-state index contributed by atoms with van der Waals surface area (Å²) in [6.45, 7) is 3.25. The van der Waals surface area contributed by atoms with E-state index < -0.39 is 18.2 Å². The number of carbonyl (C=O) groups excluding carboxylic acids is 1. The van der Waals surface area contributed by atoms with Crippen LogP contribution in [0.4, 0.5) is 19.2 Å².